The van der Waals surface area contributed by atoms with Gasteiger partial charge in [0.25, 0.3) is 0 Å². The molecule has 2 rings (SSSR count). The lowest BCUT2D eigenvalue weighted by atomic mass is 9.89. The molecule has 1 aliphatic heterocycles. The van der Waals surface area contributed by atoms with Crippen LogP contribution in [0.5, 0.6) is 0 Å². The van der Waals surface area contributed by atoms with Crippen molar-refractivity contribution in [1.82, 2.24) is 10.2 Å². The van der Waals surface area contributed by atoms with E-state index in [1.165, 1.54) is 24.8 Å². The fourth-order valence-corrected chi connectivity index (χ4v) is 3.38. The average Bonchev–Trinajstić information content (AvgIpc) is 2.51. The molecule has 1 aliphatic rings. The van der Waals surface area contributed by atoms with Gasteiger partial charge in [-0.25, -0.2) is 0 Å². The molecule has 3 heteroatoms. The fourth-order valence-electron chi connectivity index (χ4n) is 3.38. The average molecular weight is 290 g/mol. The molecule has 0 bridgehead atoms. The minimum atomic E-state index is -0.166. The van der Waals surface area contributed by atoms with Crippen LogP contribution in [0.4, 0.5) is 0 Å². The van der Waals surface area contributed by atoms with Crippen LogP contribution in [0.25, 0.3) is 0 Å². The Kier molecular flexibility index (Phi) is 6.22. The number of aliphatic hydroxyl groups excluding tert-OH is 1. The minimum Gasteiger partial charge on any atom is -0.394 e. The minimum absolute atomic E-state index is 0.166. The first kappa shape index (κ1) is 16.5. The molecule has 0 saturated carbocycles. The Labute approximate surface area is 129 Å². The van der Waals surface area contributed by atoms with E-state index in [0.29, 0.717) is 0 Å². The maximum atomic E-state index is 9.60. The third-order valence-corrected chi connectivity index (χ3v) is 4.60. The molecular formula is C18H30N2O. The van der Waals surface area contributed by atoms with Crippen LogP contribution in [0.3, 0.4) is 0 Å². The summed E-state index contributed by atoms with van der Waals surface area (Å²) in [6, 6.07) is 10.8. The van der Waals surface area contributed by atoms with Gasteiger partial charge in [-0.05, 0) is 57.3 Å². The van der Waals surface area contributed by atoms with Crippen LogP contribution in [0.15, 0.2) is 30.3 Å². The summed E-state index contributed by atoms with van der Waals surface area (Å²) in [5.74, 6) is 0.808. The third kappa shape index (κ3) is 5.10. The molecule has 1 aromatic rings. The van der Waals surface area contributed by atoms with E-state index in [4.69, 9.17) is 0 Å². The van der Waals surface area contributed by atoms with E-state index in [9.17, 15) is 5.11 Å². The van der Waals surface area contributed by atoms with Crippen molar-refractivity contribution in [2.24, 2.45) is 5.92 Å². The van der Waals surface area contributed by atoms with Crippen LogP contribution < -0.4 is 5.32 Å². The van der Waals surface area contributed by atoms with E-state index < -0.39 is 0 Å². The molecule has 0 radical (unpaired) electrons. The fraction of sp³-hybridized carbons (Fsp3) is 0.667. The smallest absolute Gasteiger partial charge is 0.0623 e. The highest BCUT2D eigenvalue weighted by molar-refractivity contribution is 5.15. The van der Waals surface area contributed by atoms with Crippen LogP contribution in [0.1, 0.15) is 32.3 Å². The number of hydrogen-bond donors (Lipinski definition) is 2. The van der Waals surface area contributed by atoms with E-state index in [2.05, 4.69) is 54.4 Å². The van der Waals surface area contributed by atoms with Crippen molar-refractivity contribution in [3.05, 3.63) is 35.9 Å². The molecule has 21 heavy (non-hydrogen) atoms. The molecule has 1 atom stereocenters. The molecule has 0 amide bonds. The van der Waals surface area contributed by atoms with E-state index >= 15 is 0 Å². The molecule has 1 fully saturated rings. The van der Waals surface area contributed by atoms with E-state index in [-0.39, 0.29) is 12.1 Å². The highest BCUT2D eigenvalue weighted by atomic mass is 16.3. The molecule has 0 aromatic heterocycles. The van der Waals surface area contributed by atoms with Crippen LogP contribution in [-0.2, 0) is 6.42 Å². The Balaban J connectivity index is 1.78. The molecule has 0 aliphatic carbocycles. The summed E-state index contributed by atoms with van der Waals surface area (Å²) in [7, 11) is 0. The first-order chi connectivity index (χ1) is 10.1. The molecule has 1 aromatic carbocycles. The summed E-state index contributed by atoms with van der Waals surface area (Å²) >= 11 is 0. The number of likely N-dealkylation sites (N-methyl/N-ethyl adjacent to an activating group) is 1. The second-order valence-electron chi connectivity index (χ2n) is 6.66. The Bertz CT molecular complexity index is 401. The van der Waals surface area contributed by atoms with Gasteiger partial charge in [0, 0.05) is 6.54 Å². The van der Waals surface area contributed by atoms with Gasteiger partial charge in [0.2, 0.25) is 0 Å². The summed E-state index contributed by atoms with van der Waals surface area (Å²) in [4.78, 5) is 2.50. The predicted octanol–water partition coefficient (Wildman–Crippen LogP) is 2.30. The number of nitrogens with zero attached hydrogens (tertiary/aromatic N) is 1. The first-order valence-electron chi connectivity index (χ1n) is 8.27. The number of piperidine rings is 1. The SMILES string of the molecule is CCNC(C)(CO)CN1CCC(Cc2ccccc2)CC1. The quantitative estimate of drug-likeness (QED) is 0.809. The molecule has 2 N–H and O–H groups in total. The normalized spacial score (nSPS) is 20.3. The maximum absolute atomic E-state index is 9.60. The lowest BCUT2D eigenvalue weighted by Gasteiger charge is -2.38. The second-order valence-corrected chi connectivity index (χ2v) is 6.66. The standard InChI is InChI=1S/C18H30N2O/c1-3-19-18(2,15-21)14-20-11-9-17(10-12-20)13-16-7-5-4-6-8-16/h4-8,17,19,21H,3,9-15H2,1-2H3. The zero-order chi connectivity index (χ0) is 15.1. The van der Waals surface area contributed by atoms with Crippen LogP contribution >= 0.6 is 0 Å². The Morgan fingerprint density at radius 2 is 1.90 bits per heavy atom. The van der Waals surface area contributed by atoms with Gasteiger partial charge in [-0.1, -0.05) is 37.3 Å². The summed E-state index contributed by atoms with van der Waals surface area (Å²) < 4.78 is 0. The van der Waals surface area contributed by atoms with Gasteiger partial charge < -0.3 is 15.3 Å². The van der Waals surface area contributed by atoms with Gasteiger partial charge >= 0.3 is 0 Å². The van der Waals surface area contributed by atoms with Crippen LogP contribution in [-0.4, -0.2) is 48.3 Å². The molecule has 3 nitrogen and oxygen atoms in total. The Morgan fingerprint density at radius 1 is 1.24 bits per heavy atom. The largest absolute Gasteiger partial charge is 0.394 e. The number of aliphatic hydroxyl groups is 1. The monoisotopic (exact) mass is 290 g/mol. The Morgan fingerprint density at radius 3 is 2.48 bits per heavy atom. The van der Waals surface area contributed by atoms with E-state index in [0.717, 1.165) is 32.1 Å². The van der Waals surface area contributed by atoms with Crippen molar-refractivity contribution in [2.75, 3.05) is 32.8 Å². The van der Waals surface area contributed by atoms with Gasteiger partial charge in [0.1, 0.15) is 0 Å². The Hall–Kier alpha value is -0.900. The van der Waals surface area contributed by atoms with Gasteiger partial charge in [-0.2, -0.15) is 0 Å². The second kappa shape index (κ2) is 7.92. The highest BCUT2D eigenvalue weighted by Gasteiger charge is 2.28. The maximum Gasteiger partial charge on any atom is 0.0623 e. The van der Waals surface area contributed by atoms with E-state index in [1.54, 1.807) is 0 Å². The number of nitrogens with one attached hydrogen (secondary N) is 1. The lowest BCUT2D eigenvalue weighted by molar-refractivity contribution is 0.0974. The molecule has 0 spiro atoms. The molecule has 1 unspecified atom stereocenters. The predicted molar refractivity (Wildman–Crippen MR) is 88.5 cm³/mol. The molecular weight excluding hydrogens is 260 g/mol. The lowest BCUT2D eigenvalue weighted by Crippen LogP contribution is -2.55. The third-order valence-electron chi connectivity index (χ3n) is 4.60. The van der Waals surface area contributed by atoms with Crippen molar-refractivity contribution in [1.29, 1.82) is 0 Å². The van der Waals surface area contributed by atoms with Crippen LogP contribution in [0.2, 0.25) is 0 Å². The first-order valence-corrected chi connectivity index (χ1v) is 8.27. The van der Waals surface area contributed by atoms with Crippen LogP contribution in [0, 0.1) is 5.92 Å². The number of likely N-dealkylation sites (tertiary alicyclic amines) is 1. The number of hydrogen-bond acceptors (Lipinski definition) is 3. The van der Waals surface area contributed by atoms with Crippen molar-refractivity contribution < 1.29 is 5.11 Å². The van der Waals surface area contributed by atoms with Crippen molar-refractivity contribution in [3.63, 3.8) is 0 Å². The zero-order valence-electron chi connectivity index (χ0n) is 13.5. The molecule has 1 heterocycles. The van der Waals surface area contributed by atoms with Crippen molar-refractivity contribution >= 4 is 0 Å². The van der Waals surface area contributed by atoms with Crippen molar-refractivity contribution in [2.45, 2.75) is 38.6 Å². The zero-order valence-corrected chi connectivity index (χ0v) is 13.5. The highest BCUT2D eigenvalue weighted by Crippen LogP contribution is 2.22. The van der Waals surface area contributed by atoms with E-state index in [1.807, 2.05) is 0 Å². The summed E-state index contributed by atoms with van der Waals surface area (Å²) in [5, 5.41) is 13.0. The summed E-state index contributed by atoms with van der Waals surface area (Å²) in [5.41, 5.74) is 1.30. The van der Waals surface area contributed by atoms with Gasteiger partial charge in [0.05, 0.1) is 12.1 Å². The topological polar surface area (TPSA) is 35.5 Å². The van der Waals surface area contributed by atoms with Gasteiger partial charge in [-0.15, -0.1) is 0 Å². The molecule has 118 valence electrons. The summed E-state index contributed by atoms with van der Waals surface area (Å²) in [6.07, 6.45) is 3.74. The summed E-state index contributed by atoms with van der Waals surface area (Å²) in [6.45, 7) is 8.56. The number of benzene rings is 1. The number of rotatable bonds is 7. The van der Waals surface area contributed by atoms with Gasteiger partial charge in [0.15, 0.2) is 0 Å². The molecule has 1 saturated heterocycles. The van der Waals surface area contributed by atoms with Crippen molar-refractivity contribution in [3.8, 4) is 0 Å². The van der Waals surface area contributed by atoms with Gasteiger partial charge in [-0.3, -0.25) is 0 Å².